The molecule has 21 heavy (non-hydrogen) atoms. The first kappa shape index (κ1) is 16.4. The van der Waals surface area contributed by atoms with Crippen LogP contribution in [0, 0.1) is 11.6 Å². The van der Waals surface area contributed by atoms with Gasteiger partial charge in [-0.05, 0) is 68.7 Å². The summed E-state index contributed by atoms with van der Waals surface area (Å²) < 4.78 is 34.4. The number of hydrogen-bond donors (Lipinski definition) is 1. The Morgan fingerprint density at radius 2 is 1.81 bits per heavy atom. The maximum atomic E-state index is 14.3. The molecule has 2 aromatic carbocycles. The third kappa shape index (κ3) is 3.27. The van der Waals surface area contributed by atoms with Crippen LogP contribution in [0.4, 0.5) is 8.78 Å². The molecule has 2 rings (SSSR count). The minimum Gasteiger partial charge on any atom is -0.496 e. The predicted molar refractivity (Wildman–Crippen MR) is 85.7 cm³/mol. The zero-order valence-electron chi connectivity index (χ0n) is 11.4. The lowest BCUT2D eigenvalue weighted by Crippen LogP contribution is -2.20. The Morgan fingerprint density at radius 3 is 2.38 bits per heavy atom. The van der Waals surface area contributed by atoms with Crippen molar-refractivity contribution in [3.05, 3.63) is 62.0 Å². The van der Waals surface area contributed by atoms with Gasteiger partial charge in [0.25, 0.3) is 0 Å². The summed E-state index contributed by atoms with van der Waals surface area (Å²) in [5, 5.41) is 2.95. The standard InChI is InChI=1S/C15H13Br2F2NO/c1-20-15(8-3-6-12(21-2)10(17)7-8)13-11(18)5-4-9(16)14(13)19/h3-7,15,20H,1-2H3. The summed E-state index contributed by atoms with van der Waals surface area (Å²) in [4.78, 5) is 0. The van der Waals surface area contributed by atoms with Crippen LogP contribution in [0.15, 0.2) is 39.3 Å². The maximum Gasteiger partial charge on any atom is 0.145 e. The molecule has 0 aromatic heterocycles. The van der Waals surface area contributed by atoms with E-state index in [2.05, 4.69) is 37.2 Å². The van der Waals surface area contributed by atoms with E-state index in [1.165, 1.54) is 12.1 Å². The Morgan fingerprint density at radius 1 is 1.10 bits per heavy atom. The van der Waals surface area contributed by atoms with Gasteiger partial charge in [0.15, 0.2) is 0 Å². The number of ether oxygens (including phenoxy) is 1. The van der Waals surface area contributed by atoms with Crippen molar-refractivity contribution in [3.8, 4) is 5.75 Å². The molecule has 1 unspecified atom stereocenters. The van der Waals surface area contributed by atoms with Crippen molar-refractivity contribution in [1.82, 2.24) is 5.32 Å². The highest BCUT2D eigenvalue weighted by atomic mass is 79.9. The van der Waals surface area contributed by atoms with Crippen molar-refractivity contribution in [2.45, 2.75) is 6.04 Å². The molecule has 0 aliphatic carbocycles. The number of rotatable bonds is 4. The molecule has 0 heterocycles. The molecule has 6 heteroatoms. The van der Waals surface area contributed by atoms with Gasteiger partial charge in [0.1, 0.15) is 17.4 Å². The first-order valence-electron chi connectivity index (χ1n) is 6.13. The molecule has 1 atom stereocenters. The molecule has 0 spiro atoms. The van der Waals surface area contributed by atoms with Crippen LogP contribution in [0.1, 0.15) is 17.2 Å². The van der Waals surface area contributed by atoms with E-state index >= 15 is 0 Å². The molecule has 0 amide bonds. The first-order valence-corrected chi connectivity index (χ1v) is 7.72. The van der Waals surface area contributed by atoms with Gasteiger partial charge in [-0.2, -0.15) is 0 Å². The van der Waals surface area contributed by atoms with Gasteiger partial charge >= 0.3 is 0 Å². The van der Waals surface area contributed by atoms with Gasteiger partial charge in [-0.15, -0.1) is 0 Å². The fourth-order valence-electron chi connectivity index (χ4n) is 2.15. The Hall–Kier alpha value is -0.980. The van der Waals surface area contributed by atoms with Crippen LogP contribution in [0.2, 0.25) is 0 Å². The van der Waals surface area contributed by atoms with E-state index in [0.29, 0.717) is 5.75 Å². The Kier molecular flexibility index (Phi) is 5.35. The molecule has 1 N–H and O–H groups in total. The van der Waals surface area contributed by atoms with E-state index in [1.54, 1.807) is 32.4 Å². The van der Waals surface area contributed by atoms with Crippen LogP contribution in [0.3, 0.4) is 0 Å². The lowest BCUT2D eigenvalue weighted by atomic mass is 9.97. The van der Waals surface area contributed by atoms with E-state index in [-0.39, 0.29) is 10.0 Å². The van der Waals surface area contributed by atoms with E-state index in [0.717, 1.165) is 10.0 Å². The van der Waals surface area contributed by atoms with Crippen LogP contribution in [0.5, 0.6) is 5.75 Å². The van der Waals surface area contributed by atoms with E-state index < -0.39 is 17.7 Å². The number of nitrogens with one attached hydrogen (secondary N) is 1. The molecule has 0 aliphatic heterocycles. The number of halogens is 4. The minimum atomic E-state index is -0.610. The van der Waals surface area contributed by atoms with Gasteiger partial charge in [0.05, 0.1) is 22.1 Å². The van der Waals surface area contributed by atoms with Gasteiger partial charge < -0.3 is 10.1 Å². The van der Waals surface area contributed by atoms with E-state index in [1.807, 2.05) is 0 Å². The molecule has 2 aromatic rings. The summed E-state index contributed by atoms with van der Waals surface area (Å²) in [5.41, 5.74) is 0.699. The third-order valence-corrected chi connectivity index (χ3v) is 4.40. The molecule has 0 aliphatic rings. The Bertz CT molecular complexity index is 664. The smallest absolute Gasteiger partial charge is 0.145 e. The van der Waals surface area contributed by atoms with Crippen LogP contribution in [-0.2, 0) is 0 Å². The summed E-state index contributed by atoms with van der Waals surface area (Å²) >= 11 is 6.47. The summed E-state index contributed by atoms with van der Waals surface area (Å²) in [7, 11) is 3.21. The highest BCUT2D eigenvalue weighted by molar-refractivity contribution is 9.10. The van der Waals surface area contributed by atoms with Crippen molar-refractivity contribution < 1.29 is 13.5 Å². The summed E-state index contributed by atoms with van der Waals surface area (Å²) in [5.74, 6) is -0.549. The average molecular weight is 421 g/mol. The normalized spacial score (nSPS) is 12.3. The quantitative estimate of drug-likeness (QED) is 0.717. The SMILES string of the molecule is CNC(c1ccc(OC)c(Br)c1)c1c(F)ccc(Br)c1F. The lowest BCUT2D eigenvalue weighted by Gasteiger charge is -2.20. The second-order valence-corrected chi connectivity index (χ2v) is 6.08. The van der Waals surface area contributed by atoms with Crippen molar-refractivity contribution in [3.63, 3.8) is 0 Å². The molecular weight excluding hydrogens is 408 g/mol. The first-order chi connectivity index (χ1) is 9.99. The minimum absolute atomic E-state index is 0.0241. The highest BCUT2D eigenvalue weighted by Gasteiger charge is 2.23. The second-order valence-electron chi connectivity index (χ2n) is 4.37. The predicted octanol–water partition coefficient (Wildman–Crippen LogP) is 4.81. The Labute approximate surface area is 138 Å². The summed E-state index contributed by atoms with van der Waals surface area (Å²) in [6.45, 7) is 0. The highest BCUT2D eigenvalue weighted by Crippen LogP contribution is 2.34. The molecule has 0 saturated heterocycles. The Balaban J connectivity index is 2.55. The maximum absolute atomic E-state index is 14.3. The van der Waals surface area contributed by atoms with Gasteiger partial charge in [0, 0.05) is 5.56 Å². The number of benzene rings is 2. The van der Waals surface area contributed by atoms with Gasteiger partial charge in [-0.3, -0.25) is 0 Å². The van der Waals surface area contributed by atoms with E-state index in [9.17, 15) is 8.78 Å². The molecule has 0 radical (unpaired) electrons. The average Bonchev–Trinajstić information content (AvgIpc) is 2.47. The third-order valence-electron chi connectivity index (χ3n) is 3.17. The number of methoxy groups -OCH3 is 1. The zero-order valence-corrected chi connectivity index (χ0v) is 14.6. The molecule has 2 nitrogen and oxygen atoms in total. The largest absolute Gasteiger partial charge is 0.496 e. The van der Waals surface area contributed by atoms with Crippen molar-refractivity contribution in [1.29, 1.82) is 0 Å². The zero-order chi connectivity index (χ0) is 15.6. The molecule has 0 saturated carbocycles. The van der Waals surface area contributed by atoms with Crippen LogP contribution < -0.4 is 10.1 Å². The van der Waals surface area contributed by atoms with Crippen molar-refractivity contribution in [2.75, 3.05) is 14.2 Å². The van der Waals surface area contributed by atoms with Crippen LogP contribution in [-0.4, -0.2) is 14.2 Å². The fraction of sp³-hybridized carbons (Fsp3) is 0.200. The van der Waals surface area contributed by atoms with Gasteiger partial charge in [-0.25, -0.2) is 8.78 Å². The fourth-order valence-corrected chi connectivity index (χ4v) is 3.05. The molecule has 0 bridgehead atoms. The van der Waals surface area contributed by atoms with Crippen LogP contribution in [0.25, 0.3) is 0 Å². The molecular formula is C15H13Br2F2NO. The van der Waals surface area contributed by atoms with Gasteiger partial charge in [-0.1, -0.05) is 6.07 Å². The van der Waals surface area contributed by atoms with E-state index in [4.69, 9.17) is 4.74 Å². The second kappa shape index (κ2) is 6.85. The summed E-state index contributed by atoms with van der Waals surface area (Å²) in [6, 6.07) is 7.28. The molecule has 112 valence electrons. The van der Waals surface area contributed by atoms with Gasteiger partial charge in [0.2, 0.25) is 0 Å². The van der Waals surface area contributed by atoms with Crippen molar-refractivity contribution >= 4 is 31.9 Å². The molecule has 0 fully saturated rings. The monoisotopic (exact) mass is 419 g/mol. The number of hydrogen-bond acceptors (Lipinski definition) is 2. The van der Waals surface area contributed by atoms with Crippen molar-refractivity contribution in [2.24, 2.45) is 0 Å². The van der Waals surface area contributed by atoms with Crippen LogP contribution >= 0.6 is 31.9 Å². The topological polar surface area (TPSA) is 21.3 Å². The summed E-state index contributed by atoms with van der Waals surface area (Å²) in [6.07, 6.45) is 0. The lowest BCUT2D eigenvalue weighted by molar-refractivity contribution is 0.411.